The van der Waals surface area contributed by atoms with Gasteiger partial charge in [-0.05, 0) is 45.1 Å². The predicted molar refractivity (Wildman–Crippen MR) is 97.3 cm³/mol. The first-order valence-corrected chi connectivity index (χ1v) is 8.91. The van der Waals surface area contributed by atoms with Gasteiger partial charge in [0.2, 0.25) is 0 Å². The van der Waals surface area contributed by atoms with Gasteiger partial charge in [0.05, 0.1) is 12.2 Å². The summed E-state index contributed by atoms with van der Waals surface area (Å²) >= 11 is 0. The molecule has 1 unspecified atom stereocenters. The number of carbonyl (C=O) groups excluding carboxylic acids is 4. The van der Waals surface area contributed by atoms with Gasteiger partial charge in [0, 0.05) is 11.3 Å². The molecule has 1 saturated heterocycles. The zero-order valence-corrected chi connectivity index (χ0v) is 16.3. The van der Waals surface area contributed by atoms with Crippen molar-refractivity contribution < 1.29 is 19.2 Å². The second kappa shape index (κ2) is 7.05. The molecule has 7 heteroatoms. The average molecular weight is 361 g/mol. The molecule has 2 rings (SSSR count). The summed E-state index contributed by atoms with van der Waals surface area (Å²) in [4.78, 5) is 53.5. The Labute approximate surface area is 153 Å². The van der Waals surface area contributed by atoms with Crippen molar-refractivity contribution in [3.05, 3.63) is 22.5 Å². The maximum absolute atomic E-state index is 12.8. The first kappa shape index (κ1) is 19.9. The van der Waals surface area contributed by atoms with Crippen molar-refractivity contribution >= 4 is 23.5 Å². The minimum absolute atomic E-state index is 0.117. The Hall–Kier alpha value is -2.44. The number of imide groups is 1. The number of aryl methyl sites for hydroxylation is 1. The van der Waals surface area contributed by atoms with E-state index in [1.54, 1.807) is 13.8 Å². The monoisotopic (exact) mass is 361 g/mol. The molecule has 1 aromatic rings. The summed E-state index contributed by atoms with van der Waals surface area (Å²) in [7, 11) is 0. The highest BCUT2D eigenvalue weighted by molar-refractivity contribution is 6.11. The van der Waals surface area contributed by atoms with Crippen LogP contribution in [0.1, 0.15) is 73.1 Å². The molecule has 2 N–H and O–H groups in total. The standard InChI is InChI=1S/C19H27N3O4/c1-7-13-15(12(5)23)11(4)20-16(13)14(24)9-22-17(25)19(6,8-10(2)3)21-18(22)26/h10,20H,7-9H2,1-6H3,(H,21,26). The van der Waals surface area contributed by atoms with Crippen molar-refractivity contribution in [3.8, 4) is 0 Å². The largest absolute Gasteiger partial charge is 0.355 e. The lowest BCUT2D eigenvalue weighted by molar-refractivity contribution is -0.131. The Kier molecular flexibility index (Phi) is 5.39. The van der Waals surface area contributed by atoms with E-state index < -0.39 is 17.5 Å². The zero-order valence-electron chi connectivity index (χ0n) is 16.3. The van der Waals surface area contributed by atoms with E-state index in [-0.39, 0.29) is 24.0 Å². The molecule has 0 spiro atoms. The molecule has 1 fully saturated rings. The third kappa shape index (κ3) is 3.43. The van der Waals surface area contributed by atoms with Crippen LogP contribution in [0.4, 0.5) is 4.79 Å². The number of aromatic nitrogens is 1. The van der Waals surface area contributed by atoms with Crippen LogP contribution >= 0.6 is 0 Å². The number of urea groups is 1. The van der Waals surface area contributed by atoms with E-state index in [2.05, 4.69) is 10.3 Å². The van der Waals surface area contributed by atoms with Crippen LogP contribution < -0.4 is 5.32 Å². The van der Waals surface area contributed by atoms with Crippen molar-refractivity contribution in [2.75, 3.05) is 6.54 Å². The van der Waals surface area contributed by atoms with Gasteiger partial charge < -0.3 is 10.3 Å². The Morgan fingerprint density at radius 2 is 1.85 bits per heavy atom. The molecule has 7 nitrogen and oxygen atoms in total. The van der Waals surface area contributed by atoms with Crippen molar-refractivity contribution in [2.24, 2.45) is 5.92 Å². The number of nitrogens with zero attached hydrogens (tertiary/aromatic N) is 1. The lowest BCUT2D eigenvalue weighted by Gasteiger charge is -2.23. The molecule has 0 aromatic carbocycles. The molecule has 0 radical (unpaired) electrons. The number of ketones is 2. The maximum Gasteiger partial charge on any atom is 0.325 e. The van der Waals surface area contributed by atoms with Gasteiger partial charge in [-0.25, -0.2) is 4.79 Å². The molecule has 142 valence electrons. The van der Waals surface area contributed by atoms with Gasteiger partial charge >= 0.3 is 6.03 Å². The highest BCUT2D eigenvalue weighted by Gasteiger charge is 2.48. The fraction of sp³-hybridized carbons (Fsp3) is 0.579. The van der Waals surface area contributed by atoms with Gasteiger partial charge in [-0.1, -0.05) is 20.8 Å². The van der Waals surface area contributed by atoms with Crippen molar-refractivity contribution in [2.45, 2.75) is 59.9 Å². The zero-order chi connectivity index (χ0) is 19.8. The van der Waals surface area contributed by atoms with Gasteiger partial charge in [-0.15, -0.1) is 0 Å². The third-order valence-corrected chi connectivity index (χ3v) is 4.74. The predicted octanol–water partition coefficient (Wildman–Crippen LogP) is 2.63. The first-order chi connectivity index (χ1) is 12.0. The summed E-state index contributed by atoms with van der Waals surface area (Å²) in [6.45, 7) is 10.3. The van der Waals surface area contributed by atoms with E-state index in [1.165, 1.54) is 6.92 Å². The summed E-state index contributed by atoms with van der Waals surface area (Å²) in [5.74, 6) is -0.669. The second-order valence-corrected chi connectivity index (χ2v) is 7.56. The molecule has 1 atom stereocenters. The average Bonchev–Trinajstić information content (AvgIpc) is 2.95. The number of H-pyrrole nitrogens is 1. The summed E-state index contributed by atoms with van der Waals surface area (Å²) in [5, 5.41) is 2.70. The maximum atomic E-state index is 12.8. The van der Waals surface area contributed by atoms with Crippen LogP contribution in [0.5, 0.6) is 0 Å². The van der Waals surface area contributed by atoms with Crippen LogP contribution in [-0.2, 0) is 11.2 Å². The van der Waals surface area contributed by atoms with Gasteiger partial charge in [0.25, 0.3) is 5.91 Å². The van der Waals surface area contributed by atoms with E-state index in [0.717, 1.165) is 4.90 Å². The fourth-order valence-electron chi connectivity index (χ4n) is 3.81. The number of amides is 3. The van der Waals surface area contributed by atoms with Crippen molar-refractivity contribution in [3.63, 3.8) is 0 Å². The third-order valence-electron chi connectivity index (χ3n) is 4.74. The molecular formula is C19H27N3O4. The van der Waals surface area contributed by atoms with E-state index in [4.69, 9.17) is 0 Å². The number of carbonyl (C=O) groups is 4. The first-order valence-electron chi connectivity index (χ1n) is 8.91. The smallest absolute Gasteiger partial charge is 0.325 e. The number of Topliss-reactive ketones (excluding diaryl/α,β-unsaturated/α-hetero) is 2. The Balaban J connectivity index is 2.28. The summed E-state index contributed by atoms with van der Waals surface area (Å²) in [5.41, 5.74) is 1.08. The Morgan fingerprint density at radius 3 is 2.35 bits per heavy atom. The van der Waals surface area contributed by atoms with Crippen LogP contribution in [0.3, 0.4) is 0 Å². The summed E-state index contributed by atoms with van der Waals surface area (Å²) < 4.78 is 0. The SMILES string of the molecule is CCc1c(C(=O)CN2C(=O)NC(C)(CC(C)C)C2=O)[nH]c(C)c1C(C)=O. The summed E-state index contributed by atoms with van der Waals surface area (Å²) in [6, 6.07) is -0.556. The minimum atomic E-state index is -0.991. The Morgan fingerprint density at radius 1 is 1.23 bits per heavy atom. The normalized spacial score (nSPS) is 20.0. The minimum Gasteiger partial charge on any atom is -0.355 e. The molecule has 1 aliphatic rings. The summed E-state index contributed by atoms with van der Waals surface area (Å²) in [6.07, 6.45) is 1.00. The second-order valence-electron chi connectivity index (χ2n) is 7.56. The van der Waals surface area contributed by atoms with Crippen LogP contribution in [0.25, 0.3) is 0 Å². The van der Waals surface area contributed by atoms with Crippen molar-refractivity contribution in [1.29, 1.82) is 0 Å². The molecule has 3 amide bonds. The van der Waals surface area contributed by atoms with Crippen LogP contribution in [-0.4, -0.2) is 45.5 Å². The topological polar surface area (TPSA) is 99.3 Å². The van der Waals surface area contributed by atoms with E-state index >= 15 is 0 Å². The molecule has 0 bridgehead atoms. The molecule has 0 saturated carbocycles. The van der Waals surface area contributed by atoms with Crippen LogP contribution in [0, 0.1) is 12.8 Å². The number of aromatic amines is 1. The van der Waals surface area contributed by atoms with Crippen molar-refractivity contribution in [1.82, 2.24) is 15.2 Å². The van der Waals surface area contributed by atoms with Crippen LogP contribution in [0.2, 0.25) is 0 Å². The van der Waals surface area contributed by atoms with Gasteiger partial charge in [0.1, 0.15) is 5.54 Å². The number of nitrogens with one attached hydrogen (secondary N) is 2. The quantitative estimate of drug-likeness (QED) is 0.576. The van der Waals surface area contributed by atoms with Crippen LogP contribution in [0.15, 0.2) is 0 Å². The number of hydrogen-bond acceptors (Lipinski definition) is 4. The molecule has 0 aliphatic carbocycles. The van der Waals surface area contributed by atoms with E-state index in [9.17, 15) is 19.2 Å². The molecule has 26 heavy (non-hydrogen) atoms. The number of rotatable bonds is 7. The molecule has 1 aliphatic heterocycles. The van der Waals surface area contributed by atoms with Gasteiger partial charge in [0.15, 0.2) is 11.6 Å². The van der Waals surface area contributed by atoms with E-state index in [1.807, 2.05) is 20.8 Å². The lowest BCUT2D eigenvalue weighted by atomic mass is 9.91. The fourth-order valence-corrected chi connectivity index (χ4v) is 3.81. The Bertz CT molecular complexity index is 778. The molecule has 1 aromatic heterocycles. The van der Waals surface area contributed by atoms with Gasteiger partial charge in [-0.2, -0.15) is 0 Å². The lowest BCUT2D eigenvalue weighted by Crippen LogP contribution is -2.45. The number of hydrogen-bond donors (Lipinski definition) is 2. The molecular weight excluding hydrogens is 334 g/mol. The van der Waals surface area contributed by atoms with Gasteiger partial charge in [-0.3, -0.25) is 19.3 Å². The highest BCUT2D eigenvalue weighted by Crippen LogP contribution is 2.26. The highest BCUT2D eigenvalue weighted by atomic mass is 16.2. The molecule has 2 heterocycles. The van der Waals surface area contributed by atoms with E-state index in [0.29, 0.717) is 35.4 Å².